The summed E-state index contributed by atoms with van der Waals surface area (Å²) in [7, 11) is -3.79. The highest BCUT2D eigenvalue weighted by molar-refractivity contribution is 7.89. The number of hydrogen-bond donors (Lipinski definition) is 1. The Morgan fingerprint density at radius 2 is 1.60 bits per heavy atom. The highest BCUT2D eigenvalue weighted by Crippen LogP contribution is 2.37. The van der Waals surface area contributed by atoms with Gasteiger partial charge in [-0.15, -0.1) is 0 Å². The molecule has 25 heavy (non-hydrogen) atoms. The molecule has 0 spiro atoms. The Balaban J connectivity index is 3.00. The SMILES string of the molecule is CCC(CC)n1c(=O)c(-c2c(Cl)cccc2Cl)c(N)n1S(=O)(=O)CC. The van der Waals surface area contributed by atoms with E-state index in [0.717, 1.165) is 4.09 Å². The van der Waals surface area contributed by atoms with E-state index in [1.807, 2.05) is 13.8 Å². The average molecular weight is 406 g/mol. The molecule has 9 heteroatoms. The van der Waals surface area contributed by atoms with Gasteiger partial charge in [-0.1, -0.05) is 43.1 Å². The van der Waals surface area contributed by atoms with Gasteiger partial charge >= 0.3 is 0 Å². The van der Waals surface area contributed by atoms with Crippen molar-refractivity contribution in [3.05, 3.63) is 38.6 Å². The monoisotopic (exact) mass is 405 g/mol. The molecule has 0 aliphatic rings. The van der Waals surface area contributed by atoms with E-state index in [1.165, 1.54) is 11.6 Å². The quantitative estimate of drug-likeness (QED) is 0.791. The van der Waals surface area contributed by atoms with Gasteiger partial charge in [0.05, 0.1) is 27.4 Å². The highest BCUT2D eigenvalue weighted by atomic mass is 35.5. The molecule has 0 aliphatic carbocycles. The lowest BCUT2D eigenvalue weighted by Gasteiger charge is -2.19. The molecule has 138 valence electrons. The van der Waals surface area contributed by atoms with Gasteiger partial charge in [0.25, 0.3) is 15.6 Å². The Bertz CT molecular complexity index is 924. The molecule has 1 aromatic heterocycles. The summed E-state index contributed by atoms with van der Waals surface area (Å²) in [5.74, 6) is -0.366. The first-order valence-corrected chi connectivity index (χ1v) is 10.4. The van der Waals surface area contributed by atoms with Crippen LogP contribution in [0.3, 0.4) is 0 Å². The average Bonchev–Trinajstić information content (AvgIpc) is 2.81. The molecule has 2 N–H and O–H groups in total. The van der Waals surface area contributed by atoms with Gasteiger partial charge in [0.1, 0.15) is 5.82 Å². The van der Waals surface area contributed by atoms with Crippen LogP contribution in [0.15, 0.2) is 23.0 Å². The molecule has 0 atom stereocenters. The van der Waals surface area contributed by atoms with Crippen molar-refractivity contribution in [3.8, 4) is 11.1 Å². The van der Waals surface area contributed by atoms with Crippen molar-refractivity contribution < 1.29 is 8.42 Å². The Morgan fingerprint density at radius 1 is 1.08 bits per heavy atom. The summed E-state index contributed by atoms with van der Waals surface area (Å²) in [4.78, 5) is 13.1. The molecule has 0 radical (unpaired) electrons. The van der Waals surface area contributed by atoms with Crippen LogP contribution in [0, 0.1) is 0 Å². The maximum absolute atomic E-state index is 13.1. The lowest BCUT2D eigenvalue weighted by molar-refractivity contribution is 0.397. The fraction of sp³-hybridized carbons (Fsp3) is 0.438. The minimum Gasteiger partial charge on any atom is -0.382 e. The predicted molar refractivity (Wildman–Crippen MR) is 103 cm³/mol. The summed E-state index contributed by atoms with van der Waals surface area (Å²) in [6.45, 7) is 5.27. The van der Waals surface area contributed by atoms with Crippen LogP contribution in [-0.4, -0.2) is 22.9 Å². The third kappa shape index (κ3) is 3.32. The first kappa shape index (κ1) is 19.9. The summed E-state index contributed by atoms with van der Waals surface area (Å²) in [5.41, 5.74) is 5.88. The summed E-state index contributed by atoms with van der Waals surface area (Å²) in [5, 5.41) is 0.470. The Labute approximate surface area is 157 Å². The van der Waals surface area contributed by atoms with Crippen molar-refractivity contribution in [3.63, 3.8) is 0 Å². The summed E-state index contributed by atoms with van der Waals surface area (Å²) >= 11 is 12.4. The molecular weight excluding hydrogens is 385 g/mol. The summed E-state index contributed by atoms with van der Waals surface area (Å²) in [6.07, 6.45) is 1.16. The number of halogens is 2. The van der Waals surface area contributed by atoms with Crippen molar-refractivity contribution in [2.45, 2.75) is 39.7 Å². The molecule has 0 fully saturated rings. The van der Waals surface area contributed by atoms with Crippen LogP contribution < -0.4 is 11.3 Å². The molecule has 0 aliphatic heterocycles. The van der Waals surface area contributed by atoms with Gasteiger partial charge in [-0.3, -0.25) is 4.79 Å². The van der Waals surface area contributed by atoms with Crippen LogP contribution >= 0.6 is 23.2 Å². The summed E-state index contributed by atoms with van der Waals surface area (Å²) < 4.78 is 27.3. The second-order valence-corrected chi connectivity index (χ2v) is 8.52. The van der Waals surface area contributed by atoms with E-state index in [4.69, 9.17) is 28.9 Å². The number of nitrogens with zero attached hydrogens (tertiary/aromatic N) is 2. The number of nitrogens with two attached hydrogens (primary N) is 1. The molecule has 0 saturated heterocycles. The predicted octanol–water partition coefficient (Wildman–Crippen LogP) is 3.76. The van der Waals surface area contributed by atoms with E-state index >= 15 is 0 Å². The molecule has 2 aromatic rings. The lowest BCUT2D eigenvalue weighted by atomic mass is 10.1. The molecule has 1 aromatic carbocycles. The van der Waals surface area contributed by atoms with Crippen molar-refractivity contribution in [2.24, 2.45) is 0 Å². The zero-order valence-corrected chi connectivity index (χ0v) is 16.6. The number of nitrogen functional groups attached to an aromatic ring is 1. The third-order valence-corrected chi connectivity index (χ3v) is 6.47. The maximum Gasteiger partial charge on any atom is 0.278 e. The standard InChI is InChI=1S/C16H21Cl2N3O3S/c1-4-10(5-2)20-16(22)14(13-11(17)8-7-9-12(13)18)15(19)21(20)25(23,24)6-3/h7-10H,4-6,19H2,1-3H3. The largest absolute Gasteiger partial charge is 0.382 e. The number of benzene rings is 1. The van der Waals surface area contributed by atoms with Crippen molar-refractivity contribution in [1.82, 2.24) is 8.77 Å². The number of anilines is 1. The first-order chi connectivity index (χ1) is 11.7. The Hall–Kier alpha value is -1.44. The van der Waals surface area contributed by atoms with Gasteiger partial charge < -0.3 is 5.73 Å². The van der Waals surface area contributed by atoms with Crippen molar-refractivity contribution in [1.29, 1.82) is 0 Å². The Morgan fingerprint density at radius 3 is 2.04 bits per heavy atom. The molecule has 0 unspecified atom stereocenters. The second-order valence-electron chi connectivity index (χ2n) is 5.62. The van der Waals surface area contributed by atoms with Crippen molar-refractivity contribution in [2.75, 3.05) is 11.5 Å². The number of aromatic nitrogens is 2. The Kier molecular flexibility index (Phi) is 5.91. The molecule has 0 saturated carbocycles. The van der Waals surface area contributed by atoms with Crippen LogP contribution in [0.25, 0.3) is 11.1 Å². The van der Waals surface area contributed by atoms with Gasteiger partial charge in [0, 0.05) is 5.56 Å². The first-order valence-electron chi connectivity index (χ1n) is 8.01. The fourth-order valence-corrected chi connectivity index (χ4v) is 4.54. The van der Waals surface area contributed by atoms with Crippen molar-refractivity contribution >= 4 is 39.0 Å². The van der Waals surface area contributed by atoms with E-state index in [2.05, 4.69) is 0 Å². The van der Waals surface area contributed by atoms with Gasteiger partial charge in [-0.2, -0.15) is 4.09 Å². The van der Waals surface area contributed by atoms with Crippen LogP contribution in [-0.2, 0) is 10.0 Å². The topological polar surface area (TPSA) is 87.1 Å². The second kappa shape index (κ2) is 7.43. The molecule has 0 bridgehead atoms. The van der Waals surface area contributed by atoms with Gasteiger partial charge in [-0.05, 0) is 31.9 Å². The zero-order chi connectivity index (χ0) is 18.9. The van der Waals surface area contributed by atoms with Gasteiger partial charge in [-0.25, -0.2) is 13.1 Å². The lowest BCUT2D eigenvalue weighted by Crippen LogP contribution is -2.32. The van der Waals surface area contributed by atoms with Crippen LogP contribution in [0.1, 0.15) is 39.7 Å². The third-order valence-electron chi connectivity index (χ3n) is 4.21. The van der Waals surface area contributed by atoms with E-state index in [-0.39, 0.29) is 38.8 Å². The molecule has 1 heterocycles. The molecular formula is C16H21Cl2N3O3S. The minimum absolute atomic E-state index is 0.0134. The number of rotatable bonds is 6. The minimum atomic E-state index is -3.79. The fourth-order valence-electron chi connectivity index (χ4n) is 2.84. The van der Waals surface area contributed by atoms with Gasteiger partial charge in [0.2, 0.25) is 0 Å². The highest BCUT2D eigenvalue weighted by Gasteiger charge is 2.30. The van der Waals surface area contributed by atoms with E-state index in [9.17, 15) is 13.2 Å². The summed E-state index contributed by atoms with van der Waals surface area (Å²) in [6, 6.07) is 4.48. The molecule has 0 amide bonds. The van der Waals surface area contributed by atoms with Crippen LogP contribution in [0.4, 0.5) is 5.82 Å². The van der Waals surface area contributed by atoms with E-state index in [0.29, 0.717) is 12.8 Å². The smallest absolute Gasteiger partial charge is 0.278 e. The van der Waals surface area contributed by atoms with E-state index in [1.54, 1.807) is 18.2 Å². The van der Waals surface area contributed by atoms with E-state index < -0.39 is 15.6 Å². The normalized spacial score (nSPS) is 12.1. The number of hydrogen-bond acceptors (Lipinski definition) is 4. The zero-order valence-electron chi connectivity index (χ0n) is 14.3. The molecule has 6 nitrogen and oxygen atoms in total. The van der Waals surface area contributed by atoms with Crippen LogP contribution in [0.5, 0.6) is 0 Å². The molecule has 2 rings (SSSR count). The van der Waals surface area contributed by atoms with Crippen LogP contribution in [0.2, 0.25) is 10.0 Å². The van der Waals surface area contributed by atoms with Gasteiger partial charge in [0.15, 0.2) is 0 Å². The maximum atomic E-state index is 13.1.